The Kier molecular flexibility index (Phi) is 4.01. The predicted octanol–water partition coefficient (Wildman–Crippen LogP) is 4.22. The van der Waals surface area contributed by atoms with Gasteiger partial charge in [0.2, 0.25) is 5.91 Å². The maximum atomic E-state index is 12.4. The van der Waals surface area contributed by atoms with Gasteiger partial charge < -0.3 is 9.42 Å². The highest BCUT2D eigenvalue weighted by atomic mass is 35.5. The summed E-state index contributed by atoms with van der Waals surface area (Å²) in [5.41, 5.74) is 2.88. The normalized spacial score (nSPS) is 17.3. The molecule has 0 bridgehead atoms. The minimum atomic E-state index is -0.0707. The lowest BCUT2D eigenvalue weighted by molar-refractivity contribution is -0.117. The Morgan fingerprint density at radius 3 is 2.56 bits per heavy atom. The lowest BCUT2D eigenvalue weighted by atomic mass is 10.1. The summed E-state index contributed by atoms with van der Waals surface area (Å²) in [6.45, 7) is 2.58. The van der Waals surface area contributed by atoms with Crippen LogP contribution in [0.25, 0.3) is 11.5 Å². The van der Waals surface area contributed by atoms with Crippen LogP contribution in [0.4, 0.5) is 5.69 Å². The van der Waals surface area contributed by atoms with E-state index in [4.69, 9.17) is 16.1 Å². The minimum Gasteiger partial charge on any atom is -0.334 e. The fourth-order valence-corrected chi connectivity index (χ4v) is 3.09. The number of aryl methyl sites for hydroxylation is 1. The third kappa shape index (κ3) is 3.15. The topological polar surface area (TPSA) is 59.2 Å². The number of halogens is 1. The number of amides is 1. The molecule has 1 aliphatic heterocycles. The van der Waals surface area contributed by atoms with Crippen LogP contribution < -0.4 is 4.90 Å². The number of carbonyl (C=O) groups is 1. The van der Waals surface area contributed by atoms with E-state index < -0.39 is 0 Å². The molecule has 1 aliphatic rings. The molecule has 1 amide bonds. The molecule has 1 fully saturated rings. The second-order valence-electron chi connectivity index (χ2n) is 6.21. The summed E-state index contributed by atoms with van der Waals surface area (Å²) in [4.78, 5) is 18.6. The molecule has 5 nitrogen and oxygen atoms in total. The van der Waals surface area contributed by atoms with E-state index in [9.17, 15) is 4.79 Å². The molecule has 4 rings (SSSR count). The fraction of sp³-hybridized carbons (Fsp3) is 0.211. The summed E-state index contributed by atoms with van der Waals surface area (Å²) in [5, 5.41) is 4.73. The summed E-state index contributed by atoms with van der Waals surface area (Å²) >= 11 is 5.90. The van der Waals surface area contributed by atoms with Gasteiger partial charge in [-0.05, 0) is 43.3 Å². The van der Waals surface area contributed by atoms with Crippen LogP contribution in [0.1, 0.15) is 23.7 Å². The quantitative estimate of drug-likeness (QED) is 0.707. The van der Waals surface area contributed by atoms with E-state index in [-0.39, 0.29) is 11.8 Å². The molecule has 1 saturated heterocycles. The first kappa shape index (κ1) is 15.8. The number of rotatable bonds is 3. The highest BCUT2D eigenvalue weighted by Gasteiger charge is 2.34. The van der Waals surface area contributed by atoms with Gasteiger partial charge in [-0.3, -0.25) is 4.79 Å². The van der Waals surface area contributed by atoms with Crippen LogP contribution in [0.2, 0.25) is 5.02 Å². The minimum absolute atomic E-state index is 0.0707. The second kappa shape index (κ2) is 6.33. The average molecular weight is 354 g/mol. The van der Waals surface area contributed by atoms with E-state index in [0.29, 0.717) is 29.7 Å². The molecule has 0 radical (unpaired) electrons. The van der Waals surface area contributed by atoms with Gasteiger partial charge in [0.1, 0.15) is 0 Å². The van der Waals surface area contributed by atoms with Gasteiger partial charge in [-0.1, -0.05) is 34.5 Å². The number of carbonyl (C=O) groups excluding carboxylic acids is 1. The van der Waals surface area contributed by atoms with E-state index in [1.54, 1.807) is 17.0 Å². The molecule has 0 saturated carbocycles. The summed E-state index contributed by atoms with van der Waals surface area (Å²) in [6.07, 6.45) is 0.382. The fourth-order valence-electron chi connectivity index (χ4n) is 2.97. The van der Waals surface area contributed by atoms with Crippen molar-refractivity contribution in [2.45, 2.75) is 19.3 Å². The van der Waals surface area contributed by atoms with Crippen LogP contribution in [0.3, 0.4) is 0 Å². The van der Waals surface area contributed by atoms with Gasteiger partial charge in [0.15, 0.2) is 5.82 Å². The number of hydrogen-bond donors (Lipinski definition) is 0. The molecule has 0 aliphatic carbocycles. The first-order valence-electron chi connectivity index (χ1n) is 8.07. The molecule has 2 heterocycles. The molecule has 0 N–H and O–H groups in total. The number of aromatic nitrogens is 2. The van der Waals surface area contributed by atoms with Crippen molar-refractivity contribution in [1.29, 1.82) is 0 Å². The van der Waals surface area contributed by atoms with Crippen LogP contribution >= 0.6 is 11.6 Å². The van der Waals surface area contributed by atoms with Crippen molar-refractivity contribution < 1.29 is 9.32 Å². The summed E-state index contributed by atoms with van der Waals surface area (Å²) in [5.74, 6) is 1.01. The number of nitrogens with zero attached hydrogens (tertiary/aromatic N) is 3. The van der Waals surface area contributed by atoms with Crippen molar-refractivity contribution in [3.05, 3.63) is 64.9 Å². The van der Waals surface area contributed by atoms with Gasteiger partial charge in [-0.15, -0.1) is 0 Å². The third-order valence-electron chi connectivity index (χ3n) is 4.37. The van der Waals surface area contributed by atoms with Crippen LogP contribution in [0.5, 0.6) is 0 Å². The Morgan fingerprint density at radius 2 is 1.84 bits per heavy atom. The Bertz CT molecular complexity index is 903. The number of anilines is 1. The molecule has 1 atom stereocenters. The number of benzene rings is 2. The first-order valence-corrected chi connectivity index (χ1v) is 8.44. The molecule has 3 aromatic rings. The molecule has 25 heavy (non-hydrogen) atoms. The summed E-state index contributed by atoms with van der Waals surface area (Å²) in [6, 6.07) is 15.1. The van der Waals surface area contributed by atoms with Crippen LogP contribution in [0.15, 0.2) is 53.1 Å². The van der Waals surface area contributed by atoms with Gasteiger partial charge >= 0.3 is 0 Å². The van der Waals surface area contributed by atoms with Crippen molar-refractivity contribution >= 4 is 23.2 Å². The van der Waals surface area contributed by atoms with E-state index in [1.165, 1.54) is 0 Å². The van der Waals surface area contributed by atoms with Gasteiger partial charge in [0.25, 0.3) is 5.89 Å². The Balaban J connectivity index is 1.54. The monoisotopic (exact) mass is 353 g/mol. The third-order valence-corrected chi connectivity index (χ3v) is 4.62. The molecular weight excluding hydrogens is 338 g/mol. The van der Waals surface area contributed by atoms with Crippen LogP contribution in [-0.2, 0) is 4.79 Å². The van der Waals surface area contributed by atoms with Crippen LogP contribution in [0, 0.1) is 6.92 Å². The van der Waals surface area contributed by atoms with Crippen molar-refractivity contribution in [3.63, 3.8) is 0 Å². The maximum Gasteiger partial charge on any atom is 0.257 e. The van der Waals surface area contributed by atoms with E-state index in [2.05, 4.69) is 10.1 Å². The lowest BCUT2D eigenvalue weighted by Gasteiger charge is -2.16. The van der Waals surface area contributed by atoms with Crippen molar-refractivity contribution in [2.75, 3.05) is 11.4 Å². The van der Waals surface area contributed by atoms with Crippen molar-refractivity contribution in [3.8, 4) is 11.5 Å². The molecule has 126 valence electrons. The molecular formula is C19H16ClN3O2. The van der Waals surface area contributed by atoms with Gasteiger partial charge in [-0.2, -0.15) is 4.98 Å². The Morgan fingerprint density at radius 1 is 1.12 bits per heavy atom. The molecule has 6 heteroatoms. The van der Waals surface area contributed by atoms with E-state index in [0.717, 1.165) is 16.8 Å². The molecule has 2 aromatic carbocycles. The molecule has 0 unspecified atom stereocenters. The van der Waals surface area contributed by atoms with E-state index >= 15 is 0 Å². The predicted molar refractivity (Wildman–Crippen MR) is 95.6 cm³/mol. The summed E-state index contributed by atoms with van der Waals surface area (Å²) < 4.78 is 5.36. The maximum absolute atomic E-state index is 12.4. The SMILES string of the molecule is Cc1ccc(N2C[C@H](c3noc(-c4ccc(Cl)cc4)n3)CC2=O)cc1. The average Bonchev–Trinajstić information content (AvgIpc) is 3.23. The highest BCUT2D eigenvalue weighted by molar-refractivity contribution is 6.30. The molecule has 1 aromatic heterocycles. The largest absolute Gasteiger partial charge is 0.334 e. The van der Waals surface area contributed by atoms with Gasteiger partial charge in [0, 0.05) is 35.2 Å². The van der Waals surface area contributed by atoms with Crippen LogP contribution in [-0.4, -0.2) is 22.6 Å². The molecule has 0 spiro atoms. The van der Waals surface area contributed by atoms with Gasteiger partial charge in [0.05, 0.1) is 0 Å². The Labute approximate surface area is 150 Å². The zero-order chi connectivity index (χ0) is 17.4. The zero-order valence-corrected chi connectivity index (χ0v) is 14.4. The van der Waals surface area contributed by atoms with Gasteiger partial charge in [-0.25, -0.2) is 0 Å². The summed E-state index contributed by atoms with van der Waals surface area (Å²) in [7, 11) is 0. The Hall–Kier alpha value is -2.66. The van der Waals surface area contributed by atoms with Crippen molar-refractivity contribution in [2.24, 2.45) is 0 Å². The smallest absolute Gasteiger partial charge is 0.257 e. The first-order chi connectivity index (χ1) is 12.1. The second-order valence-corrected chi connectivity index (χ2v) is 6.64. The highest BCUT2D eigenvalue weighted by Crippen LogP contribution is 2.31. The number of hydrogen-bond acceptors (Lipinski definition) is 4. The van der Waals surface area contributed by atoms with E-state index in [1.807, 2.05) is 43.3 Å². The standard InChI is InChI=1S/C19H16ClN3O2/c1-12-2-8-16(9-3-12)23-11-14(10-17(23)24)18-21-19(25-22-18)13-4-6-15(20)7-5-13/h2-9,14H,10-11H2,1H3/t14-/m1/s1. The lowest BCUT2D eigenvalue weighted by Crippen LogP contribution is -2.24. The zero-order valence-electron chi connectivity index (χ0n) is 13.6. The van der Waals surface area contributed by atoms with Crippen molar-refractivity contribution in [1.82, 2.24) is 10.1 Å².